The molecule has 0 amide bonds. The summed E-state index contributed by atoms with van der Waals surface area (Å²) >= 11 is 0. The lowest BCUT2D eigenvalue weighted by molar-refractivity contribution is 0.256. The van der Waals surface area contributed by atoms with E-state index in [0.717, 1.165) is 5.56 Å². The van der Waals surface area contributed by atoms with Crippen molar-refractivity contribution in [3.05, 3.63) is 23.8 Å². The summed E-state index contributed by atoms with van der Waals surface area (Å²) in [5.41, 5.74) is 0.781. The topological polar surface area (TPSA) is 75.6 Å². The lowest BCUT2D eigenvalue weighted by Gasteiger charge is -2.21. The highest BCUT2D eigenvalue weighted by Gasteiger charge is 2.22. The van der Waals surface area contributed by atoms with Crippen LogP contribution in [0.2, 0.25) is 0 Å². The van der Waals surface area contributed by atoms with E-state index >= 15 is 0 Å². The van der Waals surface area contributed by atoms with Gasteiger partial charge in [0.2, 0.25) is 10.0 Å². The van der Waals surface area contributed by atoms with E-state index in [1.165, 1.54) is 6.07 Å². The number of aliphatic hydroxyl groups is 1. The van der Waals surface area contributed by atoms with Gasteiger partial charge in [0.25, 0.3) is 0 Å². The maximum absolute atomic E-state index is 12.4. The van der Waals surface area contributed by atoms with Gasteiger partial charge >= 0.3 is 0 Å². The zero-order chi connectivity index (χ0) is 16.0. The van der Waals surface area contributed by atoms with Gasteiger partial charge in [0.05, 0.1) is 11.5 Å². The van der Waals surface area contributed by atoms with E-state index in [9.17, 15) is 8.42 Å². The maximum Gasteiger partial charge on any atom is 0.240 e. The third-order valence-corrected chi connectivity index (χ3v) is 4.80. The second-order valence-electron chi connectivity index (χ2n) is 5.34. The minimum absolute atomic E-state index is 0.0479. The molecule has 0 aliphatic carbocycles. The van der Waals surface area contributed by atoms with Gasteiger partial charge in [-0.2, -0.15) is 0 Å². The average molecular weight is 315 g/mol. The Hall–Kier alpha value is -1.11. The molecule has 0 saturated heterocycles. The third kappa shape index (κ3) is 4.98. The third-order valence-electron chi connectivity index (χ3n) is 3.31. The Kier molecular flexibility index (Phi) is 6.64. The van der Waals surface area contributed by atoms with Crippen molar-refractivity contribution < 1.29 is 18.3 Å². The fourth-order valence-corrected chi connectivity index (χ4v) is 3.55. The van der Waals surface area contributed by atoms with E-state index in [1.54, 1.807) is 12.1 Å². The average Bonchev–Trinajstić information content (AvgIpc) is 2.40. The molecule has 1 rings (SSSR count). The van der Waals surface area contributed by atoms with Crippen LogP contribution in [0.25, 0.3) is 0 Å². The van der Waals surface area contributed by atoms with E-state index in [4.69, 9.17) is 9.84 Å². The molecule has 0 fully saturated rings. The number of rotatable bonds is 8. The molecule has 5 nitrogen and oxygen atoms in total. The molecule has 120 valence electrons. The highest BCUT2D eigenvalue weighted by atomic mass is 32.2. The Labute approximate surface area is 127 Å². The molecule has 0 saturated carbocycles. The molecule has 0 radical (unpaired) electrons. The van der Waals surface area contributed by atoms with Crippen LogP contribution in [0.1, 0.15) is 32.8 Å². The summed E-state index contributed by atoms with van der Waals surface area (Å²) in [4.78, 5) is 0.215. The van der Waals surface area contributed by atoms with Crippen LogP contribution in [0.15, 0.2) is 23.1 Å². The van der Waals surface area contributed by atoms with E-state index in [2.05, 4.69) is 4.72 Å². The first kappa shape index (κ1) is 17.9. The number of hydrogen-bond acceptors (Lipinski definition) is 4. The Balaban J connectivity index is 2.99. The van der Waals surface area contributed by atoms with Gasteiger partial charge in [0.15, 0.2) is 0 Å². The molecule has 6 heteroatoms. The second-order valence-corrected chi connectivity index (χ2v) is 7.06. The van der Waals surface area contributed by atoms with Crippen LogP contribution in [0.4, 0.5) is 0 Å². The quantitative estimate of drug-likeness (QED) is 0.770. The predicted octanol–water partition coefficient (Wildman–Crippen LogP) is 2.08. The zero-order valence-corrected chi connectivity index (χ0v) is 13.9. The second kappa shape index (κ2) is 7.77. The molecule has 0 heterocycles. The minimum Gasteiger partial charge on any atom is -0.494 e. The fourth-order valence-electron chi connectivity index (χ4n) is 2.04. The summed E-state index contributed by atoms with van der Waals surface area (Å²) in [7, 11) is -3.60. The van der Waals surface area contributed by atoms with Crippen molar-refractivity contribution in [3.63, 3.8) is 0 Å². The molecule has 0 aromatic heterocycles. The van der Waals surface area contributed by atoms with Crippen LogP contribution < -0.4 is 9.46 Å². The van der Waals surface area contributed by atoms with Gasteiger partial charge in [-0.25, -0.2) is 13.1 Å². The van der Waals surface area contributed by atoms with Crippen molar-refractivity contribution in [2.75, 3.05) is 13.2 Å². The summed E-state index contributed by atoms with van der Waals surface area (Å²) in [6, 6.07) is 4.52. The number of aryl methyl sites for hydroxylation is 1. The van der Waals surface area contributed by atoms with E-state index in [0.29, 0.717) is 18.8 Å². The summed E-state index contributed by atoms with van der Waals surface area (Å²) in [6.07, 6.45) is 0.396. The van der Waals surface area contributed by atoms with Crippen LogP contribution in [-0.2, 0) is 10.0 Å². The number of nitrogens with one attached hydrogen (secondary N) is 1. The molecule has 1 unspecified atom stereocenters. The molecule has 1 atom stereocenters. The molecular weight excluding hydrogens is 290 g/mol. The van der Waals surface area contributed by atoms with E-state index in [1.807, 2.05) is 27.7 Å². The van der Waals surface area contributed by atoms with E-state index in [-0.39, 0.29) is 23.5 Å². The Morgan fingerprint density at radius 1 is 1.33 bits per heavy atom. The van der Waals surface area contributed by atoms with Crippen LogP contribution in [0, 0.1) is 12.8 Å². The normalized spacial score (nSPS) is 13.4. The monoisotopic (exact) mass is 315 g/mol. The van der Waals surface area contributed by atoms with Crippen LogP contribution in [0.5, 0.6) is 5.75 Å². The van der Waals surface area contributed by atoms with Crippen molar-refractivity contribution in [2.24, 2.45) is 5.92 Å². The molecule has 0 bridgehead atoms. The largest absolute Gasteiger partial charge is 0.494 e. The number of hydrogen-bond donors (Lipinski definition) is 2. The van der Waals surface area contributed by atoms with Gasteiger partial charge in [0.1, 0.15) is 5.75 Å². The van der Waals surface area contributed by atoms with Crippen LogP contribution >= 0.6 is 0 Å². The molecular formula is C15H25NO4S. The number of benzene rings is 1. The van der Waals surface area contributed by atoms with E-state index < -0.39 is 10.0 Å². The molecule has 0 aliphatic rings. The Bertz CT molecular complexity index is 555. The predicted molar refractivity (Wildman–Crippen MR) is 83.0 cm³/mol. The number of sulfonamides is 1. The SMILES string of the molecule is CCOc1ccc(S(=O)(=O)NC(CCO)C(C)C)cc1C. The van der Waals surface area contributed by atoms with Gasteiger partial charge in [0, 0.05) is 12.6 Å². The summed E-state index contributed by atoms with van der Waals surface area (Å²) < 4.78 is 32.9. The van der Waals surface area contributed by atoms with Crippen LogP contribution in [-0.4, -0.2) is 32.8 Å². The minimum atomic E-state index is -3.60. The van der Waals surface area contributed by atoms with Crippen molar-refractivity contribution in [1.29, 1.82) is 0 Å². The lowest BCUT2D eigenvalue weighted by atomic mass is 10.0. The first-order chi connectivity index (χ1) is 9.81. The fraction of sp³-hybridized carbons (Fsp3) is 0.600. The highest BCUT2D eigenvalue weighted by Crippen LogP contribution is 2.22. The lowest BCUT2D eigenvalue weighted by Crippen LogP contribution is -2.39. The number of aliphatic hydroxyl groups excluding tert-OH is 1. The maximum atomic E-state index is 12.4. The van der Waals surface area contributed by atoms with Gasteiger partial charge in [-0.05, 0) is 49.9 Å². The van der Waals surface area contributed by atoms with Crippen molar-refractivity contribution in [2.45, 2.75) is 45.1 Å². The van der Waals surface area contributed by atoms with Crippen LogP contribution in [0.3, 0.4) is 0 Å². The summed E-state index contributed by atoms with van der Waals surface area (Å²) in [5.74, 6) is 0.794. The van der Waals surface area contributed by atoms with Gasteiger partial charge in [-0.3, -0.25) is 0 Å². The molecule has 0 spiro atoms. The van der Waals surface area contributed by atoms with Gasteiger partial charge < -0.3 is 9.84 Å². The molecule has 21 heavy (non-hydrogen) atoms. The first-order valence-corrected chi connectivity index (χ1v) is 8.66. The Morgan fingerprint density at radius 2 is 2.00 bits per heavy atom. The highest BCUT2D eigenvalue weighted by molar-refractivity contribution is 7.89. The Morgan fingerprint density at radius 3 is 2.48 bits per heavy atom. The van der Waals surface area contributed by atoms with Crippen molar-refractivity contribution in [1.82, 2.24) is 4.72 Å². The van der Waals surface area contributed by atoms with Crippen molar-refractivity contribution in [3.8, 4) is 5.75 Å². The zero-order valence-electron chi connectivity index (χ0n) is 13.1. The van der Waals surface area contributed by atoms with Gasteiger partial charge in [-0.1, -0.05) is 13.8 Å². The summed E-state index contributed by atoms with van der Waals surface area (Å²) in [6.45, 7) is 8.04. The first-order valence-electron chi connectivity index (χ1n) is 7.18. The number of ether oxygens (including phenoxy) is 1. The molecule has 1 aromatic carbocycles. The molecule has 1 aromatic rings. The van der Waals surface area contributed by atoms with Crippen molar-refractivity contribution >= 4 is 10.0 Å². The molecule has 2 N–H and O–H groups in total. The summed E-state index contributed by atoms with van der Waals surface area (Å²) in [5, 5.41) is 9.04. The smallest absolute Gasteiger partial charge is 0.240 e. The van der Waals surface area contributed by atoms with Gasteiger partial charge in [-0.15, -0.1) is 0 Å². The molecule has 0 aliphatic heterocycles. The standard InChI is InChI=1S/C15H25NO4S/c1-5-20-15-7-6-13(10-12(15)4)21(18,19)16-14(8-9-17)11(2)3/h6-7,10-11,14,16-17H,5,8-9H2,1-4H3.